The van der Waals surface area contributed by atoms with Crippen LogP contribution in [-0.4, -0.2) is 44.2 Å². The van der Waals surface area contributed by atoms with Crippen LogP contribution in [0, 0.1) is 0 Å². The number of hydrogen-bond acceptors (Lipinski definition) is 8. The van der Waals surface area contributed by atoms with Crippen LogP contribution in [0.4, 0.5) is 11.4 Å². The van der Waals surface area contributed by atoms with Crippen LogP contribution in [0.15, 0.2) is 43.0 Å². The number of carboxylic acids is 1. The Kier molecular flexibility index (Phi) is 7.91. The van der Waals surface area contributed by atoms with E-state index >= 15 is 0 Å². The van der Waals surface area contributed by atoms with Crippen LogP contribution < -0.4 is 14.8 Å². The third-order valence-electron chi connectivity index (χ3n) is 4.81. The lowest BCUT2D eigenvalue weighted by molar-refractivity contribution is -0.137. The summed E-state index contributed by atoms with van der Waals surface area (Å²) in [6, 6.07) is 6.10. The first kappa shape index (κ1) is 22.9. The van der Waals surface area contributed by atoms with Crippen LogP contribution in [-0.2, 0) is 4.79 Å². The minimum atomic E-state index is -0.826. The highest BCUT2D eigenvalue weighted by Gasteiger charge is 2.17. The topological polar surface area (TPSA) is 119 Å². The normalized spacial score (nSPS) is 11.6. The molecule has 2 heterocycles. The van der Waals surface area contributed by atoms with Crippen LogP contribution in [0.1, 0.15) is 45.1 Å². The Balaban J connectivity index is 1.98. The molecule has 0 radical (unpaired) electrons. The first-order chi connectivity index (χ1) is 15.5. The maximum absolute atomic E-state index is 11.3. The maximum Gasteiger partial charge on any atom is 0.316 e. The third kappa shape index (κ3) is 5.90. The Labute approximate surface area is 186 Å². The van der Waals surface area contributed by atoms with Crippen LogP contribution in [0.25, 0.3) is 11.3 Å². The summed E-state index contributed by atoms with van der Waals surface area (Å²) in [5.74, 6) is -0.479. The molecule has 0 aliphatic rings. The van der Waals surface area contributed by atoms with E-state index < -0.39 is 5.97 Å². The quantitative estimate of drug-likeness (QED) is 0.448. The molecule has 2 N–H and O–H groups in total. The lowest BCUT2D eigenvalue weighted by atomic mass is 9.91. The Morgan fingerprint density at radius 3 is 2.34 bits per heavy atom. The van der Waals surface area contributed by atoms with E-state index in [4.69, 9.17) is 9.47 Å². The Bertz CT molecular complexity index is 1030. The summed E-state index contributed by atoms with van der Waals surface area (Å²) in [5.41, 5.74) is 3.80. The molecule has 9 nitrogen and oxygen atoms in total. The number of nitrogens with one attached hydrogen (secondary N) is 1. The number of hydrogen-bond donors (Lipinski definition) is 2. The molecule has 1 unspecified atom stereocenters. The lowest BCUT2D eigenvalue weighted by Gasteiger charge is -2.18. The molecular formula is C23H27N5O4. The molecule has 0 spiro atoms. The molecule has 0 saturated heterocycles. The van der Waals surface area contributed by atoms with Gasteiger partial charge in [-0.15, -0.1) is 0 Å². The van der Waals surface area contributed by atoms with Gasteiger partial charge in [0.05, 0.1) is 55.8 Å². The van der Waals surface area contributed by atoms with Gasteiger partial charge in [-0.25, -0.2) is 19.9 Å². The lowest BCUT2D eigenvalue weighted by Crippen LogP contribution is -2.07. The largest absolute Gasteiger partial charge is 0.481 e. The van der Waals surface area contributed by atoms with Gasteiger partial charge in [-0.3, -0.25) is 4.79 Å². The summed E-state index contributed by atoms with van der Waals surface area (Å²) in [7, 11) is 0. The predicted molar refractivity (Wildman–Crippen MR) is 120 cm³/mol. The summed E-state index contributed by atoms with van der Waals surface area (Å²) in [6.45, 7) is 6.72. The zero-order valence-corrected chi connectivity index (χ0v) is 18.4. The molecule has 0 amide bonds. The Hall–Kier alpha value is -3.75. The van der Waals surface area contributed by atoms with Gasteiger partial charge in [-0.05, 0) is 37.8 Å². The fourth-order valence-electron chi connectivity index (χ4n) is 3.27. The number of nitrogens with zero attached hydrogens (tertiary/aromatic N) is 4. The van der Waals surface area contributed by atoms with Crippen LogP contribution in [0.2, 0.25) is 0 Å². The van der Waals surface area contributed by atoms with Crippen molar-refractivity contribution in [2.45, 2.75) is 39.5 Å². The van der Waals surface area contributed by atoms with E-state index in [1.165, 1.54) is 0 Å². The highest BCUT2D eigenvalue weighted by molar-refractivity contribution is 5.79. The first-order valence-corrected chi connectivity index (χ1v) is 10.6. The molecule has 0 saturated carbocycles. The molecule has 0 bridgehead atoms. The zero-order valence-electron chi connectivity index (χ0n) is 18.4. The number of carbonyl (C=O) groups is 1. The number of carboxylic acid groups (broad SMARTS) is 1. The van der Waals surface area contributed by atoms with Gasteiger partial charge in [0.25, 0.3) is 0 Å². The summed E-state index contributed by atoms with van der Waals surface area (Å²) >= 11 is 0. The third-order valence-corrected chi connectivity index (χ3v) is 4.81. The molecule has 3 aromatic rings. The molecule has 168 valence electrons. The molecule has 9 heteroatoms. The molecule has 3 rings (SSSR count). The van der Waals surface area contributed by atoms with Crippen LogP contribution in [0.5, 0.6) is 11.9 Å². The zero-order chi connectivity index (χ0) is 22.9. The van der Waals surface area contributed by atoms with Gasteiger partial charge in [0, 0.05) is 11.3 Å². The fraction of sp³-hybridized carbons (Fsp3) is 0.348. The number of aliphatic carboxylic acids is 1. The van der Waals surface area contributed by atoms with Gasteiger partial charge >= 0.3 is 12.0 Å². The molecule has 1 aromatic carbocycles. The van der Waals surface area contributed by atoms with Crippen LogP contribution >= 0.6 is 0 Å². The minimum Gasteiger partial charge on any atom is -0.481 e. The maximum atomic E-state index is 11.3. The monoisotopic (exact) mass is 437 g/mol. The molecule has 0 aliphatic carbocycles. The Morgan fingerprint density at radius 1 is 1.00 bits per heavy atom. The van der Waals surface area contributed by atoms with Crippen molar-refractivity contribution in [1.29, 1.82) is 0 Å². The number of ether oxygens (including phenoxy) is 2. The molecule has 0 aliphatic heterocycles. The number of rotatable bonds is 11. The van der Waals surface area contributed by atoms with Crippen molar-refractivity contribution in [3.05, 3.63) is 48.5 Å². The molecule has 2 aromatic heterocycles. The van der Waals surface area contributed by atoms with Crippen molar-refractivity contribution in [1.82, 2.24) is 19.9 Å². The second-order valence-electron chi connectivity index (χ2n) is 6.99. The van der Waals surface area contributed by atoms with Crippen LogP contribution in [0.3, 0.4) is 0 Å². The summed E-state index contributed by atoms with van der Waals surface area (Å²) < 4.78 is 10.7. The van der Waals surface area contributed by atoms with E-state index in [1.807, 2.05) is 39.0 Å². The van der Waals surface area contributed by atoms with Crippen molar-refractivity contribution in [2.75, 3.05) is 18.5 Å². The van der Waals surface area contributed by atoms with Crippen molar-refractivity contribution < 1.29 is 19.4 Å². The number of aromatic nitrogens is 4. The van der Waals surface area contributed by atoms with Gasteiger partial charge in [0.1, 0.15) is 0 Å². The molecule has 0 fully saturated rings. The summed E-state index contributed by atoms with van der Waals surface area (Å²) in [4.78, 5) is 28.5. The van der Waals surface area contributed by atoms with Gasteiger partial charge in [-0.1, -0.05) is 19.1 Å². The van der Waals surface area contributed by atoms with E-state index in [-0.39, 0.29) is 12.3 Å². The average molecular weight is 438 g/mol. The second-order valence-corrected chi connectivity index (χ2v) is 6.99. The van der Waals surface area contributed by atoms with Crippen molar-refractivity contribution in [3.8, 4) is 23.1 Å². The second kappa shape index (κ2) is 11.0. The summed E-state index contributed by atoms with van der Waals surface area (Å²) in [5, 5.41) is 12.6. The van der Waals surface area contributed by atoms with E-state index in [0.29, 0.717) is 42.9 Å². The van der Waals surface area contributed by atoms with Crippen molar-refractivity contribution in [2.24, 2.45) is 0 Å². The van der Waals surface area contributed by atoms with Crippen molar-refractivity contribution in [3.63, 3.8) is 0 Å². The van der Waals surface area contributed by atoms with Gasteiger partial charge in [-0.2, -0.15) is 0 Å². The predicted octanol–water partition coefficient (Wildman–Crippen LogP) is 4.44. The molecular weight excluding hydrogens is 410 g/mol. The molecule has 32 heavy (non-hydrogen) atoms. The van der Waals surface area contributed by atoms with E-state index in [1.54, 1.807) is 24.8 Å². The van der Waals surface area contributed by atoms with E-state index in [0.717, 1.165) is 16.8 Å². The highest BCUT2D eigenvalue weighted by atomic mass is 16.5. The number of anilines is 2. The van der Waals surface area contributed by atoms with E-state index in [9.17, 15) is 9.90 Å². The fourth-order valence-corrected chi connectivity index (χ4v) is 3.27. The SMILES string of the molecule is CCOc1cnc(-c2ccc(C(CC)CC(=O)O)cc2Nc2cnc(OCC)nc2)cn1. The van der Waals surface area contributed by atoms with E-state index in [2.05, 4.69) is 25.3 Å². The van der Waals surface area contributed by atoms with Gasteiger partial charge in [0.15, 0.2) is 0 Å². The standard InChI is InChI=1S/C23H27N5O4/c1-4-15(10-22(29)30)16-7-8-18(20-13-25-21(14-24-20)31-5-2)19(9-16)28-17-11-26-23(27-12-17)32-6-3/h7-9,11-15,28H,4-6,10H2,1-3H3,(H,29,30). The van der Waals surface area contributed by atoms with Gasteiger partial charge < -0.3 is 19.9 Å². The highest BCUT2D eigenvalue weighted by Crippen LogP contribution is 2.34. The average Bonchev–Trinajstić information content (AvgIpc) is 2.80. The number of benzene rings is 1. The smallest absolute Gasteiger partial charge is 0.316 e. The summed E-state index contributed by atoms with van der Waals surface area (Å²) in [6.07, 6.45) is 7.26. The van der Waals surface area contributed by atoms with Gasteiger partial charge in [0.2, 0.25) is 5.88 Å². The Morgan fingerprint density at radius 2 is 1.75 bits per heavy atom. The molecule has 1 atom stereocenters. The first-order valence-electron chi connectivity index (χ1n) is 10.6. The minimum absolute atomic E-state index is 0.0598. The van der Waals surface area contributed by atoms with Crippen molar-refractivity contribution >= 4 is 17.3 Å².